The fourth-order valence-electron chi connectivity index (χ4n) is 3.66. The van der Waals surface area contributed by atoms with Crippen LogP contribution in [0.4, 0.5) is 5.69 Å². The first-order valence-corrected chi connectivity index (χ1v) is 9.04. The van der Waals surface area contributed by atoms with E-state index in [4.69, 9.17) is 16.3 Å². The van der Waals surface area contributed by atoms with E-state index in [2.05, 4.69) is 6.92 Å². The molecule has 0 saturated carbocycles. The van der Waals surface area contributed by atoms with Crippen LogP contribution in [0, 0.1) is 0 Å². The molecular weight excluding hydrogens is 350 g/mol. The highest BCUT2D eigenvalue weighted by Crippen LogP contribution is 2.43. The molecule has 0 radical (unpaired) electrons. The summed E-state index contributed by atoms with van der Waals surface area (Å²) in [6, 6.07) is 15.2. The molecule has 2 aliphatic heterocycles. The summed E-state index contributed by atoms with van der Waals surface area (Å²) in [5.74, 6) is -0.795. The molecule has 5 heteroatoms. The van der Waals surface area contributed by atoms with Crippen molar-refractivity contribution in [2.45, 2.75) is 25.7 Å². The van der Waals surface area contributed by atoms with Gasteiger partial charge in [-0.25, -0.2) is 4.79 Å². The average Bonchev–Trinajstić information content (AvgIpc) is 3.03. The molecule has 2 aromatic rings. The zero-order valence-electron chi connectivity index (χ0n) is 14.4. The van der Waals surface area contributed by atoms with Gasteiger partial charge in [-0.2, -0.15) is 0 Å². The van der Waals surface area contributed by atoms with Crippen molar-refractivity contribution in [3.05, 3.63) is 76.0 Å². The van der Waals surface area contributed by atoms with Crippen molar-refractivity contribution in [1.82, 2.24) is 0 Å². The van der Waals surface area contributed by atoms with Crippen molar-refractivity contribution < 1.29 is 14.3 Å². The highest BCUT2D eigenvalue weighted by molar-refractivity contribution is 6.31. The molecule has 0 aromatic heterocycles. The van der Waals surface area contributed by atoms with E-state index in [0.29, 0.717) is 16.3 Å². The van der Waals surface area contributed by atoms with Gasteiger partial charge in [0.15, 0.2) is 0 Å². The number of ether oxygens (including phenoxy) is 1. The SMILES string of the molecule is CCc1ccc(N2C(=O)C[C@@H](c3ccccc3Cl)C3=C2COC3=O)cc1. The lowest BCUT2D eigenvalue weighted by molar-refractivity contribution is -0.136. The van der Waals surface area contributed by atoms with Crippen LogP contribution in [0.1, 0.15) is 30.4 Å². The summed E-state index contributed by atoms with van der Waals surface area (Å²) in [5, 5.41) is 0.553. The molecule has 2 aromatic carbocycles. The Labute approximate surface area is 157 Å². The van der Waals surface area contributed by atoms with E-state index in [-0.39, 0.29) is 30.8 Å². The van der Waals surface area contributed by atoms with Gasteiger partial charge in [0, 0.05) is 23.0 Å². The van der Waals surface area contributed by atoms with Gasteiger partial charge in [0.25, 0.3) is 0 Å². The number of aryl methyl sites for hydroxylation is 1. The van der Waals surface area contributed by atoms with Crippen LogP contribution in [-0.2, 0) is 20.7 Å². The van der Waals surface area contributed by atoms with Crippen molar-refractivity contribution >= 4 is 29.2 Å². The Balaban J connectivity index is 1.81. The van der Waals surface area contributed by atoms with Gasteiger partial charge in [-0.15, -0.1) is 0 Å². The topological polar surface area (TPSA) is 46.6 Å². The van der Waals surface area contributed by atoms with E-state index in [1.165, 1.54) is 5.56 Å². The van der Waals surface area contributed by atoms with Gasteiger partial charge in [-0.05, 0) is 35.7 Å². The number of anilines is 1. The number of cyclic esters (lactones) is 1. The third kappa shape index (κ3) is 2.71. The van der Waals surface area contributed by atoms with E-state index in [9.17, 15) is 9.59 Å². The summed E-state index contributed by atoms with van der Waals surface area (Å²) in [5.41, 5.74) is 3.91. The molecule has 1 atom stereocenters. The van der Waals surface area contributed by atoms with Crippen molar-refractivity contribution in [1.29, 1.82) is 0 Å². The zero-order valence-corrected chi connectivity index (χ0v) is 15.1. The smallest absolute Gasteiger partial charge is 0.336 e. The molecule has 26 heavy (non-hydrogen) atoms. The number of halogens is 1. The zero-order chi connectivity index (χ0) is 18.3. The maximum Gasteiger partial charge on any atom is 0.336 e. The molecule has 0 spiro atoms. The maximum absolute atomic E-state index is 13.0. The molecule has 2 heterocycles. The first-order valence-electron chi connectivity index (χ1n) is 8.66. The largest absolute Gasteiger partial charge is 0.456 e. The molecule has 0 unspecified atom stereocenters. The number of hydrogen-bond acceptors (Lipinski definition) is 3. The molecule has 132 valence electrons. The number of esters is 1. The van der Waals surface area contributed by atoms with E-state index in [0.717, 1.165) is 17.7 Å². The minimum Gasteiger partial charge on any atom is -0.456 e. The molecule has 0 aliphatic carbocycles. The van der Waals surface area contributed by atoms with Crippen LogP contribution in [0.15, 0.2) is 59.8 Å². The number of amides is 1. The molecule has 4 nitrogen and oxygen atoms in total. The maximum atomic E-state index is 13.0. The number of carbonyl (C=O) groups excluding carboxylic acids is 2. The molecule has 1 amide bonds. The molecule has 0 fully saturated rings. The Morgan fingerprint density at radius 3 is 2.54 bits per heavy atom. The predicted octanol–water partition coefficient (Wildman–Crippen LogP) is 4.23. The van der Waals surface area contributed by atoms with Gasteiger partial charge in [0.1, 0.15) is 6.61 Å². The van der Waals surface area contributed by atoms with Gasteiger partial charge in [0.05, 0.1) is 11.3 Å². The second kappa shape index (κ2) is 6.61. The van der Waals surface area contributed by atoms with Gasteiger partial charge >= 0.3 is 5.97 Å². The Hall–Kier alpha value is -2.59. The molecular formula is C21H18ClNO3. The van der Waals surface area contributed by atoms with Crippen LogP contribution in [0.2, 0.25) is 5.02 Å². The number of benzene rings is 2. The highest BCUT2D eigenvalue weighted by Gasteiger charge is 2.43. The fourth-order valence-corrected chi connectivity index (χ4v) is 3.93. The number of nitrogens with zero attached hydrogens (tertiary/aromatic N) is 1. The third-order valence-electron chi connectivity index (χ3n) is 5.00. The van der Waals surface area contributed by atoms with Gasteiger partial charge in [0.2, 0.25) is 5.91 Å². The second-order valence-electron chi connectivity index (χ2n) is 6.46. The van der Waals surface area contributed by atoms with Crippen LogP contribution in [-0.4, -0.2) is 18.5 Å². The van der Waals surface area contributed by atoms with E-state index < -0.39 is 0 Å². The fraction of sp³-hybridized carbons (Fsp3) is 0.238. The molecule has 2 aliphatic rings. The monoisotopic (exact) mass is 367 g/mol. The third-order valence-corrected chi connectivity index (χ3v) is 5.34. The number of carbonyl (C=O) groups is 2. The van der Waals surface area contributed by atoms with Crippen LogP contribution in [0.3, 0.4) is 0 Å². The Kier molecular flexibility index (Phi) is 4.29. The summed E-state index contributed by atoms with van der Waals surface area (Å²) in [7, 11) is 0. The summed E-state index contributed by atoms with van der Waals surface area (Å²) in [6.45, 7) is 2.19. The summed E-state index contributed by atoms with van der Waals surface area (Å²) < 4.78 is 5.29. The Bertz CT molecular complexity index is 917. The first-order chi connectivity index (χ1) is 12.6. The lowest BCUT2D eigenvalue weighted by Gasteiger charge is -2.32. The van der Waals surface area contributed by atoms with Crippen LogP contribution < -0.4 is 4.90 Å². The standard InChI is InChI=1S/C21H18ClNO3/c1-2-13-7-9-14(10-8-13)23-18-12-26-21(25)20(18)16(11-19(23)24)15-5-3-4-6-17(15)22/h3-10,16H,2,11-12H2,1H3/t16-/m0/s1. The van der Waals surface area contributed by atoms with Crippen molar-refractivity contribution in [2.75, 3.05) is 11.5 Å². The van der Waals surface area contributed by atoms with Gasteiger partial charge in [-0.1, -0.05) is 48.9 Å². The average molecular weight is 368 g/mol. The predicted molar refractivity (Wildman–Crippen MR) is 100 cm³/mol. The van der Waals surface area contributed by atoms with Gasteiger partial charge < -0.3 is 4.74 Å². The highest BCUT2D eigenvalue weighted by atomic mass is 35.5. The second-order valence-corrected chi connectivity index (χ2v) is 6.87. The normalized spacial score (nSPS) is 19.6. The lowest BCUT2D eigenvalue weighted by atomic mass is 9.84. The summed E-state index contributed by atoms with van der Waals surface area (Å²) >= 11 is 6.33. The summed E-state index contributed by atoms with van der Waals surface area (Å²) in [4.78, 5) is 27.0. The summed E-state index contributed by atoms with van der Waals surface area (Å²) in [6.07, 6.45) is 1.12. The molecule has 4 rings (SSSR count). The molecule has 0 saturated heterocycles. The van der Waals surface area contributed by atoms with Gasteiger partial charge in [-0.3, -0.25) is 9.69 Å². The number of hydrogen-bond donors (Lipinski definition) is 0. The van der Waals surface area contributed by atoms with E-state index in [1.54, 1.807) is 11.0 Å². The van der Waals surface area contributed by atoms with Crippen LogP contribution in [0.25, 0.3) is 0 Å². The minimum atomic E-state index is -0.368. The minimum absolute atomic E-state index is 0.0591. The van der Waals surface area contributed by atoms with Crippen molar-refractivity contribution in [3.63, 3.8) is 0 Å². The van der Waals surface area contributed by atoms with Crippen LogP contribution in [0.5, 0.6) is 0 Å². The molecule has 0 bridgehead atoms. The lowest BCUT2D eigenvalue weighted by Crippen LogP contribution is -2.37. The Morgan fingerprint density at radius 1 is 1.12 bits per heavy atom. The number of rotatable bonds is 3. The first kappa shape index (κ1) is 16.9. The van der Waals surface area contributed by atoms with Crippen molar-refractivity contribution in [2.24, 2.45) is 0 Å². The molecule has 0 N–H and O–H groups in total. The Morgan fingerprint density at radius 2 is 1.85 bits per heavy atom. The van der Waals surface area contributed by atoms with Crippen LogP contribution >= 0.6 is 11.6 Å². The van der Waals surface area contributed by atoms with E-state index >= 15 is 0 Å². The van der Waals surface area contributed by atoms with Crippen molar-refractivity contribution in [3.8, 4) is 0 Å². The quantitative estimate of drug-likeness (QED) is 0.762. The van der Waals surface area contributed by atoms with E-state index in [1.807, 2.05) is 42.5 Å².